The fourth-order valence-corrected chi connectivity index (χ4v) is 3.88. The van der Waals surface area contributed by atoms with Gasteiger partial charge < -0.3 is 0 Å². The number of fused-ring (bicyclic) bond motifs is 3. The van der Waals surface area contributed by atoms with E-state index in [1.807, 2.05) is 50.2 Å². The van der Waals surface area contributed by atoms with Crippen molar-refractivity contribution in [3.8, 4) is 11.1 Å². The summed E-state index contributed by atoms with van der Waals surface area (Å²) in [6.45, 7) is 20.4. The summed E-state index contributed by atoms with van der Waals surface area (Å²) in [5, 5.41) is 0. The number of Topliss-reactive ketones (excluding diaryl/α,β-unsaturated/α-hetero) is 1. The molecule has 1 nitrogen and oxygen atoms in total. The summed E-state index contributed by atoms with van der Waals surface area (Å²) in [5.74, 6) is 0.126. The van der Waals surface area contributed by atoms with Crippen LogP contribution in [0.2, 0.25) is 0 Å². The normalized spacial score (nSPS) is 14.1. The fraction of sp³-hybridized carbons (Fsp3) is 0.192. The number of hydrogen-bond acceptors (Lipinski definition) is 1. The lowest BCUT2D eigenvalue weighted by atomic mass is 9.61. The van der Waals surface area contributed by atoms with Crippen LogP contribution in [0.25, 0.3) is 11.1 Å². The van der Waals surface area contributed by atoms with E-state index < -0.39 is 5.41 Å². The standard InChI is InChI=1S/C26H26O/c1-17(2)19(5)15-26(16-20(6)18(3)4)24-14-10-9-12-22(24)21-11-7-8-13-23(21)25(26)27/h7-14H,1,3,5-6,15-16H2,2,4H3. The topological polar surface area (TPSA) is 17.1 Å². The van der Waals surface area contributed by atoms with E-state index in [1.165, 1.54) is 0 Å². The van der Waals surface area contributed by atoms with Crippen LogP contribution >= 0.6 is 0 Å². The molecule has 0 radical (unpaired) electrons. The quantitative estimate of drug-likeness (QED) is 0.519. The number of hydrogen-bond donors (Lipinski definition) is 0. The fourth-order valence-electron chi connectivity index (χ4n) is 3.88. The lowest BCUT2D eigenvalue weighted by Gasteiger charge is -2.40. The first-order chi connectivity index (χ1) is 12.8. The third kappa shape index (κ3) is 3.14. The number of ketones is 1. The molecule has 0 atom stereocenters. The smallest absolute Gasteiger partial charge is 0.174 e. The number of allylic oxidation sites excluding steroid dienone is 4. The molecule has 136 valence electrons. The van der Waals surface area contributed by atoms with Gasteiger partial charge in [0.1, 0.15) is 0 Å². The van der Waals surface area contributed by atoms with E-state index in [2.05, 4.69) is 38.4 Å². The Balaban J connectivity index is 2.30. The molecule has 2 aromatic rings. The zero-order valence-corrected chi connectivity index (χ0v) is 16.3. The maximum absolute atomic E-state index is 13.9. The van der Waals surface area contributed by atoms with E-state index in [4.69, 9.17) is 0 Å². The molecule has 0 bridgehead atoms. The SMILES string of the molecule is C=C(C)C(=C)CC1(CC(=C)C(=C)C)C(=O)c2ccccc2-c2ccccc21. The predicted octanol–water partition coefficient (Wildman–Crippen LogP) is 6.83. The summed E-state index contributed by atoms with van der Waals surface area (Å²) < 4.78 is 0. The largest absolute Gasteiger partial charge is 0.293 e. The molecule has 0 unspecified atom stereocenters. The molecule has 0 saturated heterocycles. The second kappa shape index (κ2) is 7.00. The van der Waals surface area contributed by atoms with Crippen molar-refractivity contribution >= 4 is 5.78 Å². The first-order valence-corrected chi connectivity index (χ1v) is 9.19. The van der Waals surface area contributed by atoms with Crippen molar-refractivity contribution in [2.24, 2.45) is 0 Å². The average Bonchev–Trinajstić information content (AvgIpc) is 2.65. The lowest BCUT2D eigenvalue weighted by molar-refractivity contribution is 0.0878. The van der Waals surface area contributed by atoms with Gasteiger partial charge in [0.05, 0.1) is 5.41 Å². The van der Waals surface area contributed by atoms with Crippen LogP contribution in [0, 0.1) is 0 Å². The Kier molecular flexibility index (Phi) is 4.89. The van der Waals surface area contributed by atoms with Crippen molar-refractivity contribution in [3.63, 3.8) is 0 Å². The van der Waals surface area contributed by atoms with Gasteiger partial charge in [-0.15, -0.1) is 0 Å². The van der Waals surface area contributed by atoms with Gasteiger partial charge in [0, 0.05) is 5.56 Å². The molecule has 27 heavy (non-hydrogen) atoms. The number of carbonyl (C=O) groups is 1. The minimum Gasteiger partial charge on any atom is -0.293 e. The van der Waals surface area contributed by atoms with E-state index in [1.54, 1.807) is 0 Å². The van der Waals surface area contributed by atoms with Crippen LogP contribution in [-0.2, 0) is 5.41 Å². The number of benzene rings is 2. The van der Waals surface area contributed by atoms with Gasteiger partial charge in [-0.05, 0) is 43.4 Å². The molecule has 0 amide bonds. The summed E-state index contributed by atoms with van der Waals surface area (Å²) >= 11 is 0. The van der Waals surface area contributed by atoms with Crippen molar-refractivity contribution in [1.29, 1.82) is 0 Å². The van der Waals surface area contributed by atoms with Gasteiger partial charge in [0.25, 0.3) is 0 Å². The second-order valence-corrected chi connectivity index (χ2v) is 7.62. The average molecular weight is 354 g/mol. The van der Waals surface area contributed by atoms with Gasteiger partial charge in [-0.2, -0.15) is 0 Å². The highest BCUT2D eigenvalue weighted by Crippen LogP contribution is 2.50. The Morgan fingerprint density at radius 1 is 0.741 bits per heavy atom. The lowest BCUT2D eigenvalue weighted by Crippen LogP contribution is -2.40. The highest BCUT2D eigenvalue weighted by Gasteiger charge is 2.46. The first-order valence-electron chi connectivity index (χ1n) is 9.19. The molecule has 1 aliphatic carbocycles. The molecule has 0 saturated carbocycles. The first kappa shape index (κ1) is 18.8. The van der Waals surface area contributed by atoms with Crippen LogP contribution in [0.4, 0.5) is 0 Å². The highest BCUT2D eigenvalue weighted by molar-refractivity contribution is 6.13. The maximum atomic E-state index is 13.9. The molecule has 2 aromatic carbocycles. The predicted molar refractivity (Wildman–Crippen MR) is 115 cm³/mol. The third-order valence-electron chi connectivity index (χ3n) is 5.58. The monoisotopic (exact) mass is 354 g/mol. The van der Waals surface area contributed by atoms with Crippen LogP contribution in [-0.4, -0.2) is 5.78 Å². The van der Waals surface area contributed by atoms with Crippen molar-refractivity contribution in [2.45, 2.75) is 32.1 Å². The van der Waals surface area contributed by atoms with Crippen molar-refractivity contribution in [3.05, 3.63) is 108 Å². The Morgan fingerprint density at radius 2 is 1.19 bits per heavy atom. The summed E-state index contributed by atoms with van der Waals surface area (Å²) in [6.07, 6.45) is 1.05. The Bertz CT molecular complexity index is 959. The zero-order chi connectivity index (χ0) is 19.8. The molecule has 3 rings (SSSR count). The van der Waals surface area contributed by atoms with Gasteiger partial charge in [0.15, 0.2) is 5.78 Å². The molecule has 0 heterocycles. The van der Waals surface area contributed by atoms with Gasteiger partial charge in [0.2, 0.25) is 0 Å². The summed E-state index contributed by atoms with van der Waals surface area (Å²) in [5.41, 5.74) is 6.76. The van der Waals surface area contributed by atoms with Crippen molar-refractivity contribution in [2.75, 3.05) is 0 Å². The van der Waals surface area contributed by atoms with E-state index in [0.717, 1.165) is 44.5 Å². The molecule has 0 aliphatic heterocycles. The van der Waals surface area contributed by atoms with Crippen molar-refractivity contribution < 1.29 is 4.79 Å². The molecule has 1 aliphatic rings. The van der Waals surface area contributed by atoms with Crippen LogP contribution < -0.4 is 0 Å². The summed E-state index contributed by atoms with van der Waals surface area (Å²) in [6, 6.07) is 16.1. The Labute approximate surface area is 162 Å². The van der Waals surface area contributed by atoms with Crippen LogP contribution in [0.5, 0.6) is 0 Å². The Hall–Kier alpha value is -2.93. The summed E-state index contributed by atoms with van der Waals surface area (Å²) in [4.78, 5) is 13.9. The van der Waals surface area contributed by atoms with E-state index in [9.17, 15) is 4.79 Å². The molecule has 0 fully saturated rings. The minimum atomic E-state index is -0.739. The van der Waals surface area contributed by atoms with E-state index in [0.29, 0.717) is 12.8 Å². The van der Waals surface area contributed by atoms with Gasteiger partial charge in [-0.3, -0.25) is 4.79 Å². The number of rotatable bonds is 6. The minimum absolute atomic E-state index is 0.126. The van der Waals surface area contributed by atoms with Crippen molar-refractivity contribution in [1.82, 2.24) is 0 Å². The third-order valence-corrected chi connectivity index (χ3v) is 5.58. The summed E-state index contributed by atoms with van der Waals surface area (Å²) in [7, 11) is 0. The van der Waals surface area contributed by atoms with Crippen LogP contribution in [0.15, 0.2) is 97.1 Å². The molecule has 0 aromatic heterocycles. The zero-order valence-electron chi connectivity index (χ0n) is 16.3. The highest BCUT2D eigenvalue weighted by atomic mass is 16.1. The van der Waals surface area contributed by atoms with Crippen LogP contribution in [0.3, 0.4) is 0 Å². The van der Waals surface area contributed by atoms with Gasteiger partial charge >= 0.3 is 0 Å². The number of carbonyl (C=O) groups excluding carboxylic acids is 1. The van der Waals surface area contributed by atoms with E-state index in [-0.39, 0.29) is 5.78 Å². The molecular formula is C26H26O. The van der Waals surface area contributed by atoms with Crippen LogP contribution in [0.1, 0.15) is 42.6 Å². The molecule has 1 heteroatoms. The maximum Gasteiger partial charge on any atom is 0.174 e. The molecule has 0 N–H and O–H groups in total. The van der Waals surface area contributed by atoms with Gasteiger partial charge in [-0.25, -0.2) is 0 Å². The molecular weight excluding hydrogens is 328 g/mol. The molecule has 0 spiro atoms. The Morgan fingerprint density at radius 3 is 1.70 bits per heavy atom. The second-order valence-electron chi connectivity index (χ2n) is 7.62. The van der Waals surface area contributed by atoms with Gasteiger partial charge in [-0.1, -0.05) is 97.1 Å². The van der Waals surface area contributed by atoms with E-state index >= 15 is 0 Å².